The van der Waals surface area contributed by atoms with Gasteiger partial charge in [-0.2, -0.15) is 4.98 Å². The van der Waals surface area contributed by atoms with Crippen LogP contribution in [0.2, 0.25) is 5.02 Å². The zero-order chi connectivity index (χ0) is 20.6. The number of carbonyl (C=O) groups is 1. The summed E-state index contributed by atoms with van der Waals surface area (Å²) in [6, 6.07) is 6.81. The quantitative estimate of drug-likeness (QED) is 0.689. The lowest BCUT2D eigenvalue weighted by Crippen LogP contribution is -2.54. The smallest absolute Gasteiger partial charge is 0.277 e. The summed E-state index contributed by atoms with van der Waals surface area (Å²) in [7, 11) is -2.23. The van der Waals surface area contributed by atoms with Crippen molar-refractivity contribution in [2.75, 3.05) is 31.4 Å². The molecular weight excluding hydrogens is 408 g/mol. The Hall–Kier alpha value is -2.14. The van der Waals surface area contributed by atoms with Crippen molar-refractivity contribution in [3.63, 3.8) is 0 Å². The summed E-state index contributed by atoms with van der Waals surface area (Å²) < 4.78 is 26.0. The molecule has 0 bridgehead atoms. The Morgan fingerprint density at radius 3 is 2.46 bits per heavy atom. The van der Waals surface area contributed by atoms with Crippen LogP contribution in [0.1, 0.15) is 22.5 Å². The van der Waals surface area contributed by atoms with E-state index in [-0.39, 0.29) is 42.8 Å². The van der Waals surface area contributed by atoms with Gasteiger partial charge in [0, 0.05) is 31.5 Å². The molecule has 1 atom stereocenters. The molecule has 1 amide bonds. The Kier molecular flexibility index (Phi) is 5.67. The van der Waals surface area contributed by atoms with Crippen molar-refractivity contribution in [2.45, 2.75) is 24.5 Å². The second-order valence-corrected chi connectivity index (χ2v) is 8.93. The van der Waals surface area contributed by atoms with E-state index in [0.717, 1.165) is 11.8 Å². The summed E-state index contributed by atoms with van der Waals surface area (Å²) in [4.78, 5) is 19.7. The molecule has 0 saturated heterocycles. The van der Waals surface area contributed by atoms with E-state index in [0.29, 0.717) is 5.02 Å². The zero-order valence-corrected chi connectivity index (χ0v) is 17.0. The van der Waals surface area contributed by atoms with Crippen molar-refractivity contribution in [3.05, 3.63) is 40.5 Å². The molecule has 9 nitrogen and oxygen atoms in total. The largest absolute Gasteiger partial charge is 0.396 e. The maximum absolute atomic E-state index is 13.1. The number of rotatable bonds is 6. The number of aliphatic hydroxyl groups is 2. The van der Waals surface area contributed by atoms with Gasteiger partial charge < -0.3 is 19.7 Å². The Morgan fingerprint density at radius 2 is 1.89 bits per heavy atom. The highest BCUT2D eigenvalue weighted by atomic mass is 35.5. The van der Waals surface area contributed by atoms with Crippen LogP contribution in [-0.2, 0) is 16.4 Å². The number of aromatic nitrogens is 2. The number of fused-ring (bicyclic) bond motifs is 1. The highest BCUT2D eigenvalue weighted by molar-refractivity contribution is 7.90. The molecule has 28 heavy (non-hydrogen) atoms. The van der Waals surface area contributed by atoms with Crippen LogP contribution in [0.15, 0.2) is 29.4 Å². The van der Waals surface area contributed by atoms with Gasteiger partial charge in [0.1, 0.15) is 0 Å². The monoisotopic (exact) mass is 428 g/mol. The number of hydrogen-bond acceptors (Lipinski definition) is 7. The van der Waals surface area contributed by atoms with Crippen LogP contribution in [0.3, 0.4) is 0 Å². The van der Waals surface area contributed by atoms with Gasteiger partial charge in [0.2, 0.25) is 21.3 Å². The minimum Gasteiger partial charge on any atom is -0.396 e. The highest BCUT2D eigenvalue weighted by Gasteiger charge is 2.40. The number of hydrogen-bond donors (Lipinski definition) is 2. The average molecular weight is 429 g/mol. The SMILES string of the molecule is CN1c2nc(S(C)(=O)=O)n(Cc3ccc(Cl)cc3)c2C(=O)N(CCCO)C1O. The number of aliphatic hydroxyl groups excluding tert-OH is 2. The molecule has 0 fully saturated rings. The van der Waals surface area contributed by atoms with Gasteiger partial charge >= 0.3 is 0 Å². The van der Waals surface area contributed by atoms with Gasteiger partial charge in [-0.05, 0) is 24.1 Å². The van der Waals surface area contributed by atoms with Gasteiger partial charge in [0.15, 0.2) is 11.5 Å². The predicted molar refractivity (Wildman–Crippen MR) is 103 cm³/mol. The summed E-state index contributed by atoms with van der Waals surface area (Å²) in [5.41, 5.74) is 0.805. The summed E-state index contributed by atoms with van der Waals surface area (Å²) in [5.74, 6) is -0.461. The maximum Gasteiger partial charge on any atom is 0.277 e. The van der Waals surface area contributed by atoms with Crippen LogP contribution >= 0.6 is 11.6 Å². The molecule has 152 valence electrons. The molecule has 1 aromatic carbocycles. The fourth-order valence-electron chi connectivity index (χ4n) is 3.10. The van der Waals surface area contributed by atoms with E-state index in [1.807, 2.05) is 0 Å². The molecular formula is C17H21ClN4O5S. The average Bonchev–Trinajstić information content (AvgIpc) is 3.02. The second-order valence-electron chi connectivity index (χ2n) is 6.58. The number of amides is 1. The molecule has 2 aromatic rings. The normalized spacial score (nSPS) is 17.2. The van der Waals surface area contributed by atoms with Crippen LogP contribution in [0.5, 0.6) is 0 Å². The fourth-order valence-corrected chi connectivity index (χ4v) is 4.03. The fraction of sp³-hybridized carbons (Fsp3) is 0.412. The third-order valence-electron chi connectivity index (χ3n) is 4.48. The minimum atomic E-state index is -3.75. The van der Waals surface area contributed by atoms with Crippen LogP contribution < -0.4 is 4.90 Å². The Balaban J connectivity index is 2.15. The van der Waals surface area contributed by atoms with Gasteiger partial charge in [-0.25, -0.2) is 8.42 Å². The van der Waals surface area contributed by atoms with Crippen LogP contribution in [-0.4, -0.2) is 71.8 Å². The third-order valence-corrected chi connectivity index (χ3v) is 5.71. The number of imidazole rings is 1. The third kappa shape index (κ3) is 3.72. The highest BCUT2D eigenvalue weighted by Crippen LogP contribution is 2.32. The van der Waals surface area contributed by atoms with Crippen molar-refractivity contribution in [2.24, 2.45) is 0 Å². The first-order valence-corrected chi connectivity index (χ1v) is 10.8. The summed E-state index contributed by atoms with van der Waals surface area (Å²) in [5, 5.41) is 19.8. The molecule has 0 saturated carbocycles. The van der Waals surface area contributed by atoms with Gasteiger partial charge in [-0.3, -0.25) is 9.69 Å². The van der Waals surface area contributed by atoms with Gasteiger partial charge in [0.25, 0.3) is 5.91 Å². The first-order valence-electron chi connectivity index (χ1n) is 8.53. The second kappa shape index (κ2) is 7.70. The summed E-state index contributed by atoms with van der Waals surface area (Å²) >= 11 is 5.91. The van der Waals surface area contributed by atoms with E-state index in [2.05, 4.69) is 4.98 Å². The molecule has 11 heteroatoms. The standard InChI is InChI=1S/C17H21ClN4O5S/c1-20-14-13(15(24)21(17(20)25)8-3-9-23)22(16(19-14)28(2,26)27)10-11-4-6-12(18)7-5-11/h4-7,17,23,25H,3,8-10H2,1-2H3. The lowest BCUT2D eigenvalue weighted by molar-refractivity contribution is 0.00112. The Morgan fingerprint density at radius 1 is 1.25 bits per heavy atom. The molecule has 0 aliphatic carbocycles. The predicted octanol–water partition coefficient (Wildman–Crippen LogP) is 0.539. The molecule has 3 rings (SSSR count). The number of halogens is 1. The first kappa shape index (κ1) is 20.6. The van der Waals surface area contributed by atoms with E-state index in [9.17, 15) is 18.3 Å². The van der Waals surface area contributed by atoms with Crippen molar-refractivity contribution in [1.82, 2.24) is 14.5 Å². The van der Waals surface area contributed by atoms with E-state index in [1.165, 1.54) is 21.4 Å². The van der Waals surface area contributed by atoms with Crippen molar-refractivity contribution >= 4 is 33.2 Å². The molecule has 2 N–H and O–H groups in total. The van der Waals surface area contributed by atoms with Gasteiger partial charge in [-0.1, -0.05) is 23.7 Å². The summed E-state index contributed by atoms with van der Waals surface area (Å²) in [6.07, 6.45) is -0.0161. The molecule has 0 radical (unpaired) electrons. The van der Waals surface area contributed by atoms with Crippen LogP contribution in [0.25, 0.3) is 0 Å². The number of anilines is 1. The number of sulfone groups is 1. The topological polar surface area (TPSA) is 116 Å². The van der Waals surface area contributed by atoms with Crippen molar-refractivity contribution in [1.29, 1.82) is 0 Å². The molecule has 1 aromatic heterocycles. The van der Waals surface area contributed by atoms with Gasteiger partial charge in [0.05, 0.1) is 6.54 Å². The Bertz CT molecular complexity index is 990. The van der Waals surface area contributed by atoms with E-state index >= 15 is 0 Å². The number of nitrogens with zero attached hydrogens (tertiary/aromatic N) is 4. The van der Waals surface area contributed by atoms with Crippen molar-refractivity contribution in [3.8, 4) is 0 Å². The molecule has 1 aliphatic rings. The lowest BCUT2D eigenvalue weighted by Gasteiger charge is -2.38. The van der Waals surface area contributed by atoms with Crippen LogP contribution in [0, 0.1) is 0 Å². The molecule has 2 heterocycles. The molecule has 0 spiro atoms. The van der Waals surface area contributed by atoms with Crippen molar-refractivity contribution < 1.29 is 23.4 Å². The van der Waals surface area contributed by atoms with E-state index in [4.69, 9.17) is 16.7 Å². The van der Waals surface area contributed by atoms with E-state index in [1.54, 1.807) is 24.3 Å². The zero-order valence-electron chi connectivity index (χ0n) is 15.4. The molecule has 1 unspecified atom stereocenters. The first-order chi connectivity index (χ1) is 13.1. The number of benzene rings is 1. The summed E-state index contributed by atoms with van der Waals surface area (Å²) in [6.45, 7) is 0.0533. The minimum absolute atomic E-state index is 0.0705. The Labute approximate surface area is 167 Å². The van der Waals surface area contributed by atoms with E-state index < -0.39 is 22.1 Å². The maximum atomic E-state index is 13.1. The number of carbonyl (C=O) groups excluding carboxylic acids is 1. The molecule has 1 aliphatic heterocycles. The lowest BCUT2D eigenvalue weighted by atomic mass is 10.2. The van der Waals surface area contributed by atoms with Crippen LogP contribution in [0.4, 0.5) is 5.82 Å². The van der Waals surface area contributed by atoms with Gasteiger partial charge in [-0.15, -0.1) is 0 Å².